The van der Waals surface area contributed by atoms with E-state index in [4.69, 9.17) is 0 Å². The molecular formula is C22H27N3O2. The largest absolute Gasteiger partial charge is 0.354 e. The quantitative estimate of drug-likeness (QED) is 0.909. The van der Waals surface area contributed by atoms with Crippen molar-refractivity contribution in [3.05, 3.63) is 58.4 Å². The molecule has 0 atom stereocenters. The Morgan fingerprint density at radius 2 is 1.85 bits per heavy atom. The Morgan fingerprint density at radius 3 is 2.63 bits per heavy atom. The molecule has 1 amide bonds. The molecule has 1 N–H and O–H groups in total. The molecule has 2 aliphatic rings. The first-order valence-electron chi connectivity index (χ1n) is 9.93. The van der Waals surface area contributed by atoms with Crippen LogP contribution in [0.15, 0.2) is 30.3 Å². The predicted molar refractivity (Wildman–Crippen MR) is 105 cm³/mol. The molecule has 4 rings (SSSR count). The first kappa shape index (κ1) is 18.0. The van der Waals surface area contributed by atoms with Crippen molar-refractivity contribution in [1.29, 1.82) is 0 Å². The second-order valence-electron chi connectivity index (χ2n) is 7.66. The van der Waals surface area contributed by atoms with Crippen LogP contribution >= 0.6 is 0 Å². The van der Waals surface area contributed by atoms with E-state index in [2.05, 4.69) is 34.1 Å². The van der Waals surface area contributed by atoms with Gasteiger partial charge in [0.15, 0.2) is 5.78 Å². The minimum absolute atomic E-state index is 0.0382. The minimum Gasteiger partial charge on any atom is -0.354 e. The third kappa shape index (κ3) is 3.69. The molecule has 5 heteroatoms. The maximum absolute atomic E-state index is 13.1. The SMILES string of the molecule is Cc1c(C(=O)N2CCCN(Cc3ccccc3)CC2)[nH]c2c1C(=O)CCC2. The minimum atomic E-state index is 0.0382. The highest BCUT2D eigenvalue weighted by atomic mass is 16.2. The zero-order chi connectivity index (χ0) is 18.8. The van der Waals surface area contributed by atoms with Crippen molar-refractivity contribution in [2.24, 2.45) is 0 Å². The van der Waals surface area contributed by atoms with E-state index in [1.807, 2.05) is 17.9 Å². The Morgan fingerprint density at radius 1 is 1.04 bits per heavy atom. The Hall–Kier alpha value is -2.40. The summed E-state index contributed by atoms with van der Waals surface area (Å²) in [6.07, 6.45) is 3.30. The van der Waals surface area contributed by atoms with E-state index in [9.17, 15) is 9.59 Å². The molecule has 0 bridgehead atoms. The number of Topliss-reactive ketones (excluding diaryl/α,β-unsaturated/α-hetero) is 1. The highest BCUT2D eigenvalue weighted by molar-refractivity contribution is 6.04. The number of aryl methyl sites for hydroxylation is 1. The van der Waals surface area contributed by atoms with Gasteiger partial charge in [-0.25, -0.2) is 0 Å². The van der Waals surface area contributed by atoms with Crippen molar-refractivity contribution in [2.45, 2.75) is 39.2 Å². The normalized spacial score (nSPS) is 18.3. The number of hydrogen-bond donors (Lipinski definition) is 1. The molecule has 1 aromatic heterocycles. The molecule has 2 aromatic rings. The van der Waals surface area contributed by atoms with Crippen LogP contribution in [0.1, 0.15) is 56.9 Å². The second kappa shape index (κ2) is 7.69. The molecule has 2 heterocycles. The van der Waals surface area contributed by atoms with E-state index in [0.717, 1.165) is 68.8 Å². The fourth-order valence-corrected chi connectivity index (χ4v) is 4.32. The van der Waals surface area contributed by atoms with Crippen molar-refractivity contribution in [3.63, 3.8) is 0 Å². The number of nitrogens with one attached hydrogen (secondary N) is 1. The van der Waals surface area contributed by atoms with Crippen LogP contribution in [0, 0.1) is 6.92 Å². The van der Waals surface area contributed by atoms with Crippen LogP contribution in [-0.2, 0) is 13.0 Å². The molecule has 1 aromatic carbocycles. The Balaban J connectivity index is 1.45. The molecule has 0 spiro atoms. The van der Waals surface area contributed by atoms with Crippen LogP contribution in [0.5, 0.6) is 0 Å². The van der Waals surface area contributed by atoms with Crippen LogP contribution in [-0.4, -0.2) is 52.7 Å². The van der Waals surface area contributed by atoms with Crippen molar-refractivity contribution in [3.8, 4) is 0 Å². The molecule has 1 aliphatic heterocycles. The average molecular weight is 365 g/mol. The molecule has 5 nitrogen and oxygen atoms in total. The third-order valence-electron chi connectivity index (χ3n) is 5.78. The molecule has 27 heavy (non-hydrogen) atoms. The van der Waals surface area contributed by atoms with Gasteiger partial charge in [0, 0.05) is 50.4 Å². The van der Waals surface area contributed by atoms with E-state index in [1.165, 1.54) is 5.56 Å². The molecule has 0 radical (unpaired) electrons. The summed E-state index contributed by atoms with van der Waals surface area (Å²) in [6.45, 7) is 6.19. The third-order valence-corrected chi connectivity index (χ3v) is 5.78. The maximum atomic E-state index is 13.1. The summed E-state index contributed by atoms with van der Waals surface area (Å²) in [5.74, 6) is 0.213. The van der Waals surface area contributed by atoms with Gasteiger partial charge in [-0.2, -0.15) is 0 Å². The zero-order valence-corrected chi connectivity index (χ0v) is 16.0. The van der Waals surface area contributed by atoms with Gasteiger partial charge in [-0.05, 0) is 37.3 Å². The lowest BCUT2D eigenvalue weighted by Crippen LogP contribution is -2.35. The summed E-state index contributed by atoms with van der Waals surface area (Å²) in [7, 11) is 0. The lowest BCUT2D eigenvalue weighted by atomic mass is 9.94. The van der Waals surface area contributed by atoms with Gasteiger partial charge in [0.1, 0.15) is 5.69 Å². The number of fused-ring (bicyclic) bond motifs is 1. The predicted octanol–water partition coefficient (Wildman–Crippen LogP) is 3.19. The van der Waals surface area contributed by atoms with Gasteiger partial charge in [-0.1, -0.05) is 30.3 Å². The monoisotopic (exact) mass is 365 g/mol. The molecule has 0 unspecified atom stereocenters. The van der Waals surface area contributed by atoms with Crippen molar-refractivity contribution in [2.75, 3.05) is 26.2 Å². The van der Waals surface area contributed by atoms with Gasteiger partial charge in [0.2, 0.25) is 0 Å². The molecular weight excluding hydrogens is 338 g/mol. The Kier molecular flexibility index (Phi) is 5.12. The summed E-state index contributed by atoms with van der Waals surface area (Å²) in [5, 5.41) is 0. The number of carbonyl (C=O) groups excluding carboxylic acids is 2. The maximum Gasteiger partial charge on any atom is 0.270 e. The summed E-state index contributed by atoms with van der Waals surface area (Å²) < 4.78 is 0. The van der Waals surface area contributed by atoms with E-state index >= 15 is 0 Å². The van der Waals surface area contributed by atoms with E-state index in [-0.39, 0.29) is 11.7 Å². The molecule has 1 aliphatic carbocycles. The number of aromatic amines is 1. The number of ketones is 1. The van der Waals surface area contributed by atoms with E-state index < -0.39 is 0 Å². The number of nitrogens with zero attached hydrogens (tertiary/aromatic N) is 2. The van der Waals surface area contributed by atoms with Gasteiger partial charge in [-0.15, -0.1) is 0 Å². The summed E-state index contributed by atoms with van der Waals surface area (Å²) in [5.41, 5.74) is 4.48. The van der Waals surface area contributed by atoms with Crippen molar-refractivity contribution in [1.82, 2.24) is 14.8 Å². The summed E-state index contributed by atoms with van der Waals surface area (Å²) in [4.78, 5) is 33.0. The van der Waals surface area contributed by atoms with Crippen LogP contribution < -0.4 is 0 Å². The highest BCUT2D eigenvalue weighted by Gasteiger charge is 2.29. The number of aromatic nitrogens is 1. The van der Waals surface area contributed by atoms with Gasteiger partial charge >= 0.3 is 0 Å². The van der Waals surface area contributed by atoms with Gasteiger partial charge in [-0.3, -0.25) is 14.5 Å². The standard InChI is InChI=1S/C22H27N3O2/c1-16-20-18(9-5-10-19(20)26)23-21(16)22(27)25-12-6-11-24(13-14-25)15-17-7-3-2-4-8-17/h2-4,7-8,23H,5-6,9-15H2,1H3. The highest BCUT2D eigenvalue weighted by Crippen LogP contribution is 2.27. The van der Waals surface area contributed by atoms with Gasteiger partial charge < -0.3 is 9.88 Å². The number of H-pyrrole nitrogens is 1. The molecule has 1 fully saturated rings. The topological polar surface area (TPSA) is 56.4 Å². The lowest BCUT2D eigenvalue weighted by Gasteiger charge is -2.22. The van der Waals surface area contributed by atoms with Crippen molar-refractivity contribution < 1.29 is 9.59 Å². The van der Waals surface area contributed by atoms with Gasteiger partial charge in [0.05, 0.1) is 0 Å². The molecule has 142 valence electrons. The second-order valence-corrected chi connectivity index (χ2v) is 7.66. The first-order chi connectivity index (χ1) is 13.1. The van der Waals surface area contributed by atoms with Crippen LogP contribution in [0.2, 0.25) is 0 Å². The summed E-state index contributed by atoms with van der Waals surface area (Å²) in [6, 6.07) is 10.5. The average Bonchev–Trinajstić information content (AvgIpc) is 2.86. The fraction of sp³-hybridized carbons (Fsp3) is 0.455. The van der Waals surface area contributed by atoms with Crippen LogP contribution in [0.3, 0.4) is 0 Å². The number of carbonyl (C=O) groups is 2. The fourth-order valence-electron chi connectivity index (χ4n) is 4.32. The number of benzene rings is 1. The smallest absolute Gasteiger partial charge is 0.270 e. The Labute approximate surface area is 160 Å². The lowest BCUT2D eigenvalue weighted by molar-refractivity contribution is 0.0755. The number of rotatable bonds is 3. The first-order valence-corrected chi connectivity index (χ1v) is 9.93. The number of hydrogen-bond acceptors (Lipinski definition) is 3. The van der Waals surface area contributed by atoms with Crippen LogP contribution in [0.25, 0.3) is 0 Å². The zero-order valence-electron chi connectivity index (χ0n) is 16.0. The van der Waals surface area contributed by atoms with Crippen molar-refractivity contribution >= 4 is 11.7 Å². The molecule has 1 saturated heterocycles. The van der Waals surface area contributed by atoms with E-state index in [0.29, 0.717) is 12.1 Å². The Bertz CT molecular complexity index is 841. The van der Waals surface area contributed by atoms with E-state index in [1.54, 1.807) is 0 Å². The van der Waals surface area contributed by atoms with Crippen LogP contribution in [0.4, 0.5) is 0 Å². The van der Waals surface area contributed by atoms with Gasteiger partial charge in [0.25, 0.3) is 5.91 Å². The number of amides is 1. The molecule has 0 saturated carbocycles. The summed E-state index contributed by atoms with van der Waals surface area (Å²) >= 11 is 0.